The van der Waals surface area contributed by atoms with Crippen molar-refractivity contribution in [2.75, 3.05) is 7.11 Å². The van der Waals surface area contributed by atoms with Crippen LogP contribution in [0, 0.1) is 11.3 Å². The molecule has 2 atom stereocenters. The normalized spacial score (nSPS) is 19.9. The number of hydrogen-bond donors (Lipinski definition) is 0. The first-order valence-corrected chi connectivity index (χ1v) is 9.64. The van der Waals surface area contributed by atoms with Gasteiger partial charge in [0.15, 0.2) is 5.92 Å². The Morgan fingerprint density at radius 2 is 1.71 bits per heavy atom. The Hall–Kier alpha value is -2.37. The molecule has 1 aromatic carbocycles. The predicted octanol–water partition coefficient (Wildman–Crippen LogP) is 3.76. The van der Waals surface area contributed by atoms with Crippen LogP contribution in [-0.4, -0.2) is 30.8 Å². The highest BCUT2D eigenvalue weighted by Gasteiger charge is 2.43. The summed E-state index contributed by atoms with van der Waals surface area (Å²) in [4.78, 5) is 36.3. The molecule has 1 saturated heterocycles. The topological polar surface area (TPSA) is 78.9 Å². The maximum Gasteiger partial charge on any atom is 0.323 e. The SMILES string of the molecule is CCC(C)(CC(C)c1ccc(CC2C(=O)OC(C)(C)OC2=O)cc1)C(=O)OC. The Bertz CT molecular complexity index is 716. The molecule has 0 N–H and O–H groups in total. The number of hydrogen-bond acceptors (Lipinski definition) is 6. The maximum atomic E-state index is 12.1. The second-order valence-corrected chi connectivity index (χ2v) is 8.25. The van der Waals surface area contributed by atoms with Gasteiger partial charge in [0.05, 0.1) is 12.5 Å². The molecule has 154 valence electrons. The van der Waals surface area contributed by atoms with Gasteiger partial charge in [0.1, 0.15) is 0 Å². The molecule has 1 aromatic rings. The van der Waals surface area contributed by atoms with E-state index in [0.717, 1.165) is 11.1 Å². The summed E-state index contributed by atoms with van der Waals surface area (Å²) in [7, 11) is 1.41. The van der Waals surface area contributed by atoms with Crippen molar-refractivity contribution in [3.63, 3.8) is 0 Å². The van der Waals surface area contributed by atoms with Crippen LogP contribution >= 0.6 is 0 Å². The van der Waals surface area contributed by atoms with Crippen LogP contribution in [0.5, 0.6) is 0 Å². The third kappa shape index (κ3) is 4.91. The highest BCUT2D eigenvalue weighted by Crippen LogP contribution is 2.36. The quantitative estimate of drug-likeness (QED) is 0.521. The standard InChI is InChI=1S/C22H30O6/c1-7-22(5,20(25)26-6)13-14(2)16-10-8-15(9-11-16)12-17-18(23)27-21(3,4)28-19(17)24/h8-11,14,17H,7,12-13H2,1-6H3. The Labute approximate surface area is 166 Å². The number of methoxy groups -OCH3 is 1. The number of carbonyl (C=O) groups is 3. The third-order valence-electron chi connectivity index (χ3n) is 5.47. The fourth-order valence-corrected chi connectivity index (χ4v) is 3.54. The summed E-state index contributed by atoms with van der Waals surface area (Å²) in [6, 6.07) is 7.73. The molecule has 0 spiro atoms. The van der Waals surface area contributed by atoms with Crippen LogP contribution in [0.4, 0.5) is 0 Å². The summed E-state index contributed by atoms with van der Waals surface area (Å²) in [5.41, 5.74) is 1.40. The zero-order valence-corrected chi connectivity index (χ0v) is 17.5. The van der Waals surface area contributed by atoms with Gasteiger partial charge in [0.2, 0.25) is 0 Å². The summed E-state index contributed by atoms with van der Waals surface area (Å²) in [6.45, 7) is 9.05. The zero-order chi connectivity index (χ0) is 21.1. The molecule has 1 heterocycles. The van der Waals surface area contributed by atoms with Crippen molar-refractivity contribution < 1.29 is 28.6 Å². The molecule has 0 aliphatic carbocycles. The van der Waals surface area contributed by atoms with E-state index in [-0.39, 0.29) is 18.3 Å². The summed E-state index contributed by atoms with van der Waals surface area (Å²) in [5.74, 6) is -3.32. The van der Waals surface area contributed by atoms with Gasteiger partial charge in [-0.3, -0.25) is 14.4 Å². The van der Waals surface area contributed by atoms with Crippen molar-refractivity contribution in [1.82, 2.24) is 0 Å². The average molecular weight is 390 g/mol. The number of rotatable bonds is 7. The van der Waals surface area contributed by atoms with E-state index in [4.69, 9.17) is 14.2 Å². The van der Waals surface area contributed by atoms with Crippen LogP contribution in [0.2, 0.25) is 0 Å². The van der Waals surface area contributed by atoms with Crippen LogP contribution in [0.1, 0.15) is 64.5 Å². The third-order valence-corrected chi connectivity index (χ3v) is 5.47. The molecule has 1 fully saturated rings. The molecule has 0 amide bonds. The van der Waals surface area contributed by atoms with E-state index >= 15 is 0 Å². The smallest absolute Gasteiger partial charge is 0.323 e. The van der Waals surface area contributed by atoms with Crippen molar-refractivity contribution in [1.29, 1.82) is 0 Å². The number of ether oxygens (including phenoxy) is 3. The second-order valence-electron chi connectivity index (χ2n) is 8.25. The predicted molar refractivity (Wildman–Crippen MR) is 103 cm³/mol. The van der Waals surface area contributed by atoms with E-state index in [1.54, 1.807) is 0 Å². The lowest BCUT2D eigenvalue weighted by Gasteiger charge is -2.32. The highest BCUT2D eigenvalue weighted by atomic mass is 16.7. The van der Waals surface area contributed by atoms with E-state index in [2.05, 4.69) is 6.92 Å². The van der Waals surface area contributed by atoms with Crippen molar-refractivity contribution in [3.8, 4) is 0 Å². The monoisotopic (exact) mass is 390 g/mol. The molecule has 6 heteroatoms. The molecular weight excluding hydrogens is 360 g/mol. The van der Waals surface area contributed by atoms with Gasteiger partial charge in [0, 0.05) is 13.8 Å². The minimum absolute atomic E-state index is 0.156. The zero-order valence-electron chi connectivity index (χ0n) is 17.5. The van der Waals surface area contributed by atoms with Gasteiger partial charge < -0.3 is 14.2 Å². The molecule has 0 bridgehead atoms. The molecule has 2 unspecified atom stereocenters. The number of esters is 3. The van der Waals surface area contributed by atoms with Gasteiger partial charge in [0.25, 0.3) is 5.79 Å². The van der Waals surface area contributed by atoms with E-state index in [1.165, 1.54) is 21.0 Å². The Kier molecular flexibility index (Phi) is 6.52. The molecule has 0 radical (unpaired) electrons. The van der Waals surface area contributed by atoms with E-state index < -0.39 is 29.1 Å². The van der Waals surface area contributed by atoms with Crippen molar-refractivity contribution in [2.45, 2.75) is 65.6 Å². The average Bonchev–Trinajstić information content (AvgIpc) is 2.63. The number of benzene rings is 1. The summed E-state index contributed by atoms with van der Waals surface area (Å²) in [5, 5.41) is 0. The molecule has 0 aromatic heterocycles. The van der Waals surface area contributed by atoms with Gasteiger partial charge in [-0.05, 0) is 43.2 Å². The molecular formula is C22H30O6. The van der Waals surface area contributed by atoms with Crippen molar-refractivity contribution >= 4 is 17.9 Å². The minimum Gasteiger partial charge on any atom is -0.469 e. The first kappa shape index (κ1) is 21.9. The molecule has 28 heavy (non-hydrogen) atoms. The Morgan fingerprint density at radius 3 is 2.18 bits per heavy atom. The van der Waals surface area contributed by atoms with E-state index in [1.807, 2.05) is 38.1 Å². The first-order chi connectivity index (χ1) is 13.0. The molecule has 2 rings (SSSR count). The van der Waals surface area contributed by atoms with Crippen LogP contribution in [-0.2, 0) is 35.0 Å². The molecule has 1 aliphatic rings. The minimum atomic E-state index is -1.21. The Morgan fingerprint density at radius 1 is 1.18 bits per heavy atom. The van der Waals surface area contributed by atoms with Gasteiger partial charge in [-0.1, -0.05) is 38.1 Å². The van der Waals surface area contributed by atoms with E-state index in [0.29, 0.717) is 12.8 Å². The van der Waals surface area contributed by atoms with Crippen LogP contribution in [0.15, 0.2) is 24.3 Å². The Balaban J connectivity index is 2.06. The number of cyclic esters (lactones) is 2. The van der Waals surface area contributed by atoms with Gasteiger partial charge in [-0.2, -0.15) is 0 Å². The van der Waals surface area contributed by atoms with Crippen LogP contribution in [0.3, 0.4) is 0 Å². The lowest BCUT2D eigenvalue weighted by atomic mass is 9.77. The van der Waals surface area contributed by atoms with Gasteiger partial charge >= 0.3 is 17.9 Å². The largest absolute Gasteiger partial charge is 0.469 e. The maximum absolute atomic E-state index is 12.1. The first-order valence-electron chi connectivity index (χ1n) is 9.64. The van der Waals surface area contributed by atoms with E-state index in [9.17, 15) is 14.4 Å². The molecule has 0 saturated carbocycles. The lowest BCUT2D eigenvalue weighted by molar-refractivity contribution is -0.239. The van der Waals surface area contributed by atoms with Crippen LogP contribution in [0.25, 0.3) is 0 Å². The fourth-order valence-electron chi connectivity index (χ4n) is 3.54. The molecule has 1 aliphatic heterocycles. The summed E-state index contributed by atoms with van der Waals surface area (Å²) >= 11 is 0. The van der Waals surface area contributed by atoms with Crippen molar-refractivity contribution in [3.05, 3.63) is 35.4 Å². The molecule has 6 nitrogen and oxygen atoms in total. The lowest BCUT2D eigenvalue weighted by Crippen LogP contribution is -2.46. The van der Waals surface area contributed by atoms with Gasteiger partial charge in [-0.15, -0.1) is 0 Å². The fraction of sp³-hybridized carbons (Fsp3) is 0.591. The number of carbonyl (C=O) groups excluding carboxylic acids is 3. The summed E-state index contributed by atoms with van der Waals surface area (Å²) in [6.07, 6.45) is 1.60. The summed E-state index contributed by atoms with van der Waals surface area (Å²) < 4.78 is 15.3. The van der Waals surface area contributed by atoms with Crippen LogP contribution < -0.4 is 0 Å². The second kappa shape index (κ2) is 8.33. The van der Waals surface area contributed by atoms with Gasteiger partial charge in [-0.25, -0.2) is 0 Å². The highest BCUT2D eigenvalue weighted by molar-refractivity contribution is 5.96. The van der Waals surface area contributed by atoms with Crippen molar-refractivity contribution in [2.24, 2.45) is 11.3 Å².